The van der Waals surface area contributed by atoms with Crippen LogP contribution < -0.4 is 10.1 Å². The molecule has 1 amide bonds. The molecule has 0 bridgehead atoms. The van der Waals surface area contributed by atoms with Crippen molar-refractivity contribution in [2.45, 2.75) is 27.0 Å². The second-order valence-corrected chi connectivity index (χ2v) is 7.03. The molecular weight excluding hydrogens is 406 g/mol. The predicted molar refractivity (Wildman–Crippen MR) is 102 cm³/mol. The van der Waals surface area contributed by atoms with Gasteiger partial charge in [0.2, 0.25) is 5.91 Å². The van der Waals surface area contributed by atoms with Crippen molar-refractivity contribution in [1.29, 1.82) is 0 Å². The highest BCUT2D eigenvalue weighted by atomic mass is 79.9. The van der Waals surface area contributed by atoms with Gasteiger partial charge in [0.25, 0.3) is 0 Å². The zero-order chi connectivity index (χ0) is 19.3. The maximum atomic E-state index is 12.6. The molecule has 4 nitrogen and oxygen atoms in total. The molecule has 0 unspecified atom stereocenters. The van der Waals surface area contributed by atoms with Gasteiger partial charge in [-0.15, -0.1) is 0 Å². The van der Waals surface area contributed by atoms with Crippen molar-refractivity contribution in [3.05, 3.63) is 57.6 Å². The Morgan fingerprint density at radius 1 is 1.23 bits per heavy atom. The Morgan fingerprint density at radius 2 is 1.88 bits per heavy atom. The predicted octanol–water partition coefficient (Wildman–Crippen LogP) is 4.74. The summed E-state index contributed by atoms with van der Waals surface area (Å²) in [6, 6.07) is 10.6. The quantitative estimate of drug-likeness (QED) is 0.694. The molecule has 7 heteroatoms. The molecule has 1 N–H and O–H groups in total. The standard InChI is InChI=1S/C19H21BrF2N2O2/c1-12-5-4-6-13(2)18(12)23-17(25)11-24(3)10-14-9-15(20)7-8-16(14)26-19(21)22/h4-9,19H,10-11H2,1-3H3,(H,23,25). The van der Waals surface area contributed by atoms with Crippen LogP contribution in [-0.4, -0.2) is 31.0 Å². The topological polar surface area (TPSA) is 41.6 Å². The van der Waals surface area contributed by atoms with Gasteiger partial charge in [0, 0.05) is 22.3 Å². The van der Waals surface area contributed by atoms with Gasteiger partial charge in [-0.25, -0.2) is 0 Å². The van der Waals surface area contributed by atoms with E-state index in [4.69, 9.17) is 0 Å². The molecule has 0 aliphatic rings. The summed E-state index contributed by atoms with van der Waals surface area (Å²) in [6.07, 6.45) is 0. The average Bonchev–Trinajstić information content (AvgIpc) is 2.53. The third-order valence-corrected chi connectivity index (χ3v) is 4.33. The molecule has 0 spiro atoms. The molecule has 26 heavy (non-hydrogen) atoms. The van der Waals surface area contributed by atoms with Crippen LogP contribution in [0.15, 0.2) is 40.9 Å². The Kier molecular flexibility index (Phi) is 7.11. The van der Waals surface area contributed by atoms with Crippen LogP contribution in [0.5, 0.6) is 5.75 Å². The molecule has 0 aliphatic heterocycles. The highest BCUT2D eigenvalue weighted by Crippen LogP contribution is 2.26. The van der Waals surface area contributed by atoms with Gasteiger partial charge in [-0.1, -0.05) is 34.1 Å². The highest BCUT2D eigenvalue weighted by Gasteiger charge is 2.14. The normalized spacial score (nSPS) is 11.1. The number of hydrogen-bond donors (Lipinski definition) is 1. The molecule has 0 aromatic heterocycles. The lowest BCUT2D eigenvalue weighted by atomic mass is 10.1. The molecule has 0 radical (unpaired) electrons. The molecule has 0 saturated heterocycles. The van der Waals surface area contributed by atoms with E-state index < -0.39 is 6.61 Å². The third kappa shape index (κ3) is 5.78. The summed E-state index contributed by atoms with van der Waals surface area (Å²) >= 11 is 3.32. The fourth-order valence-electron chi connectivity index (χ4n) is 2.66. The smallest absolute Gasteiger partial charge is 0.387 e. The number of alkyl halides is 2. The van der Waals surface area contributed by atoms with Crippen molar-refractivity contribution in [2.24, 2.45) is 0 Å². The Balaban J connectivity index is 2.03. The van der Waals surface area contributed by atoms with E-state index in [0.717, 1.165) is 21.3 Å². The van der Waals surface area contributed by atoms with Gasteiger partial charge in [-0.3, -0.25) is 9.69 Å². The van der Waals surface area contributed by atoms with Gasteiger partial charge in [-0.05, 0) is 50.2 Å². The van der Waals surface area contributed by atoms with Gasteiger partial charge < -0.3 is 10.1 Å². The Labute approximate surface area is 160 Å². The van der Waals surface area contributed by atoms with Crippen LogP contribution in [0.2, 0.25) is 0 Å². The van der Waals surface area contributed by atoms with Crippen LogP contribution >= 0.6 is 15.9 Å². The Bertz CT molecular complexity index is 764. The molecule has 0 fully saturated rings. The number of anilines is 1. The zero-order valence-electron chi connectivity index (χ0n) is 14.9. The van der Waals surface area contributed by atoms with E-state index in [1.54, 1.807) is 24.1 Å². The van der Waals surface area contributed by atoms with Crippen molar-refractivity contribution >= 4 is 27.5 Å². The summed E-state index contributed by atoms with van der Waals surface area (Å²) in [7, 11) is 1.75. The fourth-order valence-corrected chi connectivity index (χ4v) is 3.07. The van der Waals surface area contributed by atoms with E-state index in [9.17, 15) is 13.6 Å². The number of hydrogen-bond acceptors (Lipinski definition) is 3. The van der Waals surface area contributed by atoms with Crippen LogP contribution in [0.3, 0.4) is 0 Å². The summed E-state index contributed by atoms with van der Waals surface area (Å²) in [4.78, 5) is 14.1. The van der Waals surface area contributed by atoms with Crippen molar-refractivity contribution in [3.8, 4) is 5.75 Å². The van der Waals surface area contributed by atoms with Crippen LogP contribution in [0.4, 0.5) is 14.5 Å². The lowest BCUT2D eigenvalue weighted by Crippen LogP contribution is -2.30. The fraction of sp³-hybridized carbons (Fsp3) is 0.316. The molecule has 0 atom stereocenters. The number of likely N-dealkylation sites (N-methyl/N-ethyl adjacent to an activating group) is 1. The number of aryl methyl sites for hydroxylation is 2. The Hall–Kier alpha value is -1.99. The summed E-state index contributed by atoms with van der Waals surface area (Å²) in [6.45, 7) is 1.38. The number of carbonyl (C=O) groups excluding carboxylic acids is 1. The van der Waals surface area contributed by atoms with Crippen molar-refractivity contribution < 1.29 is 18.3 Å². The second-order valence-electron chi connectivity index (χ2n) is 6.12. The Morgan fingerprint density at radius 3 is 2.50 bits per heavy atom. The number of para-hydroxylation sites is 1. The van der Waals surface area contributed by atoms with Gasteiger partial charge in [-0.2, -0.15) is 8.78 Å². The lowest BCUT2D eigenvalue weighted by Gasteiger charge is -2.19. The number of nitrogens with one attached hydrogen (secondary N) is 1. The first-order chi connectivity index (χ1) is 12.3. The highest BCUT2D eigenvalue weighted by molar-refractivity contribution is 9.10. The first-order valence-corrected chi connectivity index (χ1v) is 8.83. The molecule has 2 rings (SSSR count). The minimum Gasteiger partial charge on any atom is -0.434 e. The lowest BCUT2D eigenvalue weighted by molar-refractivity contribution is -0.117. The van der Waals surface area contributed by atoms with Gasteiger partial charge >= 0.3 is 6.61 Å². The van der Waals surface area contributed by atoms with E-state index in [2.05, 4.69) is 26.0 Å². The largest absolute Gasteiger partial charge is 0.434 e. The van der Waals surface area contributed by atoms with Crippen LogP contribution in [0.1, 0.15) is 16.7 Å². The van der Waals surface area contributed by atoms with Gasteiger partial charge in [0.05, 0.1) is 6.54 Å². The van der Waals surface area contributed by atoms with Crippen molar-refractivity contribution in [1.82, 2.24) is 4.90 Å². The maximum Gasteiger partial charge on any atom is 0.387 e. The molecular formula is C19H21BrF2N2O2. The van der Waals surface area contributed by atoms with Gasteiger partial charge in [0.1, 0.15) is 5.75 Å². The molecule has 2 aromatic rings. The van der Waals surface area contributed by atoms with Crippen LogP contribution in [0, 0.1) is 13.8 Å². The number of nitrogens with zero attached hydrogens (tertiary/aromatic N) is 1. The molecule has 0 saturated carbocycles. The average molecular weight is 427 g/mol. The van der Waals surface area contributed by atoms with Crippen molar-refractivity contribution in [3.63, 3.8) is 0 Å². The monoisotopic (exact) mass is 426 g/mol. The molecule has 140 valence electrons. The van der Waals surface area contributed by atoms with E-state index in [0.29, 0.717) is 12.1 Å². The van der Waals surface area contributed by atoms with E-state index in [1.807, 2.05) is 32.0 Å². The maximum absolute atomic E-state index is 12.6. The number of benzene rings is 2. The summed E-state index contributed by atoms with van der Waals surface area (Å²) in [5, 5.41) is 2.91. The first kappa shape index (κ1) is 20.3. The number of carbonyl (C=O) groups is 1. The summed E-state index contributed by atoms with van der Waals surface area (Å²) < 4.78 is 30.4. The minimum absolute atomic E-state index is 0.102. The van der Waals surface area contributed by atoms with Gasteiger partial charge in [0.15, 0.2) is 0 Å². The van der Waals surface area contributed by atoms with E-state index in [-0.39, 0.29) is 18.2 Å². The second kappa shape index (κ2) is 9.09. The first-order valence-electron chi connectivity index (χ1n) is 8.04. The van der Waals surface area contributed by atoms with Crippen LogP contribution in [-0.2, 0) is 11.3 Å². The minimum atomic E-state index is -2.90. The van der Waals surface area contributed by atoms with Crippen molar-refractivity contribution in [2.75, 3.05) is 18.9 Å². The van der Waals surface area contributed by atoms with Crippen LogP contribution in [0.25, 0.3) is 0 Å². The molecule has 0 heterocycles. The third-order valence-electron chi connectivity index (χ3n) is 3.84. The number of rotatable bonds is 7. The van der Waals surface area contributed by atoms with E-state index >= 15 is 0 Å². The molecule has 0 aliphatic carbocycles. The summed E-state index contributed by atoms with van der Waals surface area (Å²) in [5.41, 5.74) is 3.35. The van der Waals surface area contributed by atoms with E-state index in [1.165, 1.54) is 6.07 Å². The SMILES string of the molecule is Cc1cccc(C)c1NC(=O)CN(C)Cc1cc(Br)ccc1OC(F)F. The number of amides is 1. The number of halogens is 3. The molecule has 2 aromatic carbocycles. The zero-order valence-corrected chi connectivity index (χ0v) is 16.4. The number of ether oxygens (including phenoxy) is 1. The summed E-state index contributed by atoms with van der Waals surface area (Å²) in [5.74, 6) is -0.0681.